The van der Waals surface area contributed by atoms with Gasteiger partial charge in [-0.15, -0.1) is 0 Å². The van der Waals surface area contributed by atoms with E-state index in [2.05, 4.69) is 10.6 Å². The molecular weight excluding hydrogens is 204 g/mol. The van der Waals surface area contributed by atoms with Gasteiger partial charge in [-0.05, 0) is 26.7 Å². The zero-order valence-corrected chi connectivity index (χ0v) is 10.3. The maximum atomic E-state index is 11.6. The van der Waals surface area contributed by atoms with Gasteiger partial charge in [0.05, 0.1) is 12.1 Å². The summed E-state index contributed by atoms with van der Waals surface area (Å²) in [4.78, 5) is 11.6. The number of nitrogens with one attached hydrogen (secondary N) is 2. The summed E-state index contributed by atoms with van der Waals surface area (Å²) in [6.45, 7) is 4.41. The van der Waals surface area contributed by atoms with Gasteiger partial charge in [-0.25, -0.2) is 0 Å². The molecule has 3 N–H and O–H groups in total. The maximum Gasteiger partial charge on any atom is 0.236 e. The first-order valence-corrected chi connectivity index (χ1v) is 6.37. The van der Waals surface area contributed by atoms with Gasteiger partial charge in [0.2, 0.25) is 5.91 Å². The summed E-state index contributed by atoms with van der Waals surface area (Å²) >= 11 is 0. The summed E-state index contributed by atoms with van der Waals surface area (Å²) in [6, 6.07) is -0.155. The number of aliphatic hydroxyl groups excluding tert-OH is 1. The van der Waals surface area contributed by atoms with Gasteiger partial charge in [-0.2, -0.15) is 0 Å². The van der Waals surface area contributed by atoms with Crippen molar-refractivity contribution in [3.63, 3.8) is 0 Å². The largest absolute Gasteiger partial charge is 0.392 e. The Hall–Kier alpha value is -0.610. The van der Waals surface area contributed by atoms with E-state index in [1.165, 1.54) is 6.42 Å². The van der Waals surface area contributed by atoms with Crippen LogP contribution >= 0.6 is 0 Å². The van der Waals surface area contributed by atoms with Crippen molar-refractivity contribution in [2.24, 2.45) is 0 Å². The van der Waals surface area contributed by atoms with Crippen molar-refractivity contribution in [1.82, 2.24) is 10.6 Å². The van der Waals surface area contributed by atoms with Crippen molar-refractivity contribution in [2.45, 2.75) is 64.1 Å². The minimum Gasteiger partial charge on any atom is -0.392 e. The molecule has 1 amide bonds. The van der Waals surface area contributed by atoms with Crippen LogP contribution in [0.2, 0.25) is 0 Å². The van der Waals surface area contributed by atoms with E-state index in [0.29, 0.717) is 6.54 Å². The van der Waals surface area contributed by atoms with Gasteiger partial charge in [0.15, 0.2) is 0 Å². The Balaban J connectivity index is 2.41. The van der Waals surface area contributed by atoms with Crippen LogP contribution in [0, 0.1) is 0 Å². The van der Waals surface area contributed by atoms with Gasteiger partial charge >= 0.3 is 0 Å². The van der Waals surface area contributed by atoms with Crippen molar-refractivity contribution in [1.29, 1.82) is 0 Å². The summed E-state index contributed by atoms with van der Waals surface area (Å²) in [5, 5.41) is 15.9. The first-order chi connectivity index (χ1) is 7.65. The van der Waals surface area contributed by atoms with Crippen LogP contribution in [0.3, 0.4) is 0 Å². The molecule has 1 fully saturated rings. The van der Waals surface area contributed by atoms with Crippen LogP contribution in [0.5, 0.6) is 0 Å². The fourth-order valence-corrected chi connectivity index (χ4v) is 2.21. The Morgan fingerprint density at radius 1 is 1.38 bits per heavy atom. The van der Waals surface area contributed by atoms with Gasteiger partial charge in [-0.3, -0.25) is 4.79 Å². The number of likely N-dealkylation sites (N-methyl/N-ethyl adjacent to an activating group) is 1. The maximum absolute atomic E-state index is 11.6. The van der Waals surface area contributed by atoms with Crippen LogP contribution in [0.25, 0.3) is 0 Å². The van der Waals surface area contributed by atoms with Crippen molar-refractivity contribution >= 4 is 5.91 Å². The molecule has 1 aliphatic rings. The van der Waals surface area contributed by atoms with Gasteiger partial charge < -0.3 is 15.7 Å². The lowest BCUT2D eigenvalue weighted by molar-refractivity contribution is -0.123. The first kappa shape index (κ1) is 13.5. The molecule has 3 unspecified atom stereocenters. The van der Waals surface area contributed by atoms with E-state index in [-0.39, 0.29) is 24.1 Å². The van der Waals surface area contributed by atoms with Crippen LogP contribution in [-0.4, -0.2) is 35.7 Å². The van der Waals surface area contributed by atoms with Gasteiger partial charge in [0.1, 0.15) is 0 Å². The summed E-state index contributed by atoms with van der Waals surface area (Å²) in [5.74, 6) is 0.0129. The van der Waals surface area contributed by atoms with Crippen LogP contribution in [0.4, 0.5) is 0 Å². The predicted octanol–water partition coefficient (Wildman–Crippen LogP) is 0.794. The molecule has 0 heterocycles. The van der Waals surface area contributed by atoms with Crippen molar-refractivity contribution in [2.75, 3.05) is 6.54 Å². The number of amides is 1. The molecule has 0 spiro atoms. The molecule has 4 nitrogen and oxygen atoms in total. The van der Waals surface area contributed by atoms with Gasteiger partial charge in [0.25, 0.3) is 0 Å². The minimum atomic E-state index is -0.306. The van der Waals surface area contributed by atoms with E-state index in [0.717, 1.165) is 25.7 Å². The Morgan fingerprint density at radius 3 is 2.75 bits per heavy atom. The number of rotatable bonds is 4. The number of carbonyl (C=O) groups is 1. The molecule has 1 rings (SSSR count). The van der Waals surface area contributed by atoms with Crippen molar-refractivity contribution < 1.29 is 9.90 Å². The third-order valence-corrected chi connectivity index (χ3v) is 3.19. The standard InChI is InChI=1S/C12H24N2O2/c1-3-13-12(16)9(2)14-10-7-5-4-6-8-11(10)15/h9-11,14-15H,3-8H2,1-2H3,(H,13,16). The molecule has 16 heavy (non-hydrogen) atoms. The molecule has 1 saturated carbocycles. The average molecular weight is 228 g/mol. The van der Waals surface area contributed by atoms with Crippen LogP contribution < -0.4 is 10.6 Å². The lowest BCUT2D eigenvalue weighted by Gasteiger charge is -2.25. The highest BCUT2D eigenvalue weighted by Crippen LogP contribution is 2.18. The molecule has 0 aromatic rings. The van der Waals surface area contributed by atoms with Gasteiger partial charge in [0, 0.05) is 12.6 Å². The molecule has 94 valence electrons. The predicted molar refractivity (Wildman–Crippen MR) is 64.2 cm³/mol. The fourth-order valence-electron chi connectivity index (χ4n) is 2.21. The highest BCUT2D eigenvalue weighted by atomic mass is 16.3. The molecule has 4 heteroatoms. The first-order valence-electron chi connectivity index (χ1n) is 6.37. The number of carbonyl (C=O) groups excluding carboxylic acids is 1. The third kappa shape index (κ3) is 4.10. The normalized spacial score (nSPS) is 28.2. The Morgan fingerprint density at radius 2 is 2.06 bits per heavy atom. The second kappa shape index (κ2) is 6.86. The van der Waals surface area contributed by atoms with E-state index >= 15 is 0 Å². The molecule has 1 aliphatic carbocycles. The minimum absolute atomic E-state index is 0.0129. The summed E-state index contributed by atoms with van der Waals surface area (Å²) in [5.41, 5.74) is 0. The van der Waals surface area contributed by atoms with E-state index in [9.17, 15) is 9.90 Å². The molecule has 0 radical (unpaired) electrons. The Kier molecular flexibility index (Phi) is 5.77. The van der Waals surface area contributed by atoms with Crippen LogP contribution in [-0.2, 0) is 4.79 Å². The van der Waals surface area contributed by atoms with Gasteiger partial charge in [-0.1, -0.05) is 19.3 Å². The number of hydrogen-bond donors (Lipinski definition) is 3. The Labute approximate surface area is 97.8 Å². The van der Waals surface area contributed by atoms with Crippen LogP contribution in [0.15, 0.2) is 0 Å². The molecular formula is C12H24N2O2. The summed E-state index contributed by atoms with van der Waals surface area (Å²) in [7, 11) is 0. The zero-order chi connectivity index (χ0) is 12.0. The molecule has 0 aliphatic heterocycles. The Bertz CT molecular complexity index is 221. The lowest BCUT2D eigenvalue weighted by atomic mass is 10.1. The fraction of sp³-hybridized carbons (Fsp3) is 0.917. The molecule has 3 atom stereocenters. The van der Waals surface area contributed by atoms with Crippen molar-refractivity contribution in [3.05, 3.63) is 0 Å². The molecule has 0 aromatic carbocycles. The SMILES string of the molecule is CCNC(=O)C(C)NC1CCCCCC1O. The van der Waals surface area contributed by atoms with Crippen LogP contribution in [0.1, 0.15) is 46.0 Å². The second-order valence-electron chi connectivity index (χ2n) is 4.59. The number of hydrogen-bond acceptors (Lipinski definition) is 3. The molecule has 0 saturated heterocycles. The zero-order valence-electron chi connectivity index (χ0n) is 10.3. The summed E-state index contributed by atoms with van der Waals surface area (Å²) < 4.78 is 0. The molecule has 0 bridgehead atoms. The van der Waals surface area contributed by atoms with E-state index in [4.69, 9.17) is 0 Å². The topological polar surface area (TPSA) is 61.4 Å². The smallest absolute Gasteiger partial charge is 0.236 e. The quantitative estimate of drug-likeness (QED) is 0.624. The molecule has 0 aromatic heterocycles. The lowest BCUT2D eigenvalue weighted by Crippen LogP contribution is -2.50. The monoisotopic (exact) mass is 228 g/mol. The number of aliphatic hydroxyl groups is 1. The second-order valence-corrected chi connectivity index (χ2v) is 4.59. The van der Waals surface area contributed by atoms with E-state index in [1.54, 1.807) is 0 Å². The highest BCUT2D eigenvalue weighted by molar-refractivity contribution is 5.81. The summed E-state index contributed by atoms with van der Waals surface area (Å²) in [6.07, 6.45) is 4.92. The van der Waals surface area contributed by atoms with Crippen molar-refractivity contribution in [3.8, 4) is 0 Å². The van der Waals surface area contributed by atoms with E-state index < -0.39 is 0 Å². The van der Waals surface area contributed by atoms with E-state index in [1.807, 2.05) is 13.8 Å². The third-order valence-electron chi connectivity index (χ3n) is 3.19. The average Bonchev–Trinajstić information content (AvgIpc) is 2.45. The highest BCUT2D eigenvalue weighted by Gasteiger charge is 2.24.